The molecule has 0 amide bonds. The van der Waals surface area contributed by atoms with E-state index in [-0.39, 0.29) is 26.8 Å². The van der Waals surface area contributed by atoms with Gasteiger partial charge in [0.1, 0.15) is 34.1 Å². The van der Waals surface area contributed by atoms with Crippen LogP contribution in [0, 0.1) is 6.07 Å². The average molecular weight is 801 g/mol. The molecule has 1 N–H and O–H groups in total. The Morgan fingerprint density at radius 1 is 0.646 bits per heavy atom. The van der Waals surface area contributed by atoms with Crippen LogP contribution < -0.4 is 0 Å². The Bertz CT molecular complexity index is 2530. The van der Waals surface area contributed by atoms with Gasteiger partial charge in [-0.1, -0.05) is 109 Å². The number of phenolic OH excluding ortho intramolecular Hbond substituents is 1. The molecule has 232 valence electrons. The minimum Gasteiger partial charge on any atom is -0.507 e. The van der Waals surface area contributed by atoms with E-state index in [4.69, 9.17) is 14.4 Å². The molecule has 9 aromatic rings. The van der Waals surface area contributed by atoms with Crippen molar-refractivity contribution in [2.45, 2.75) is 0 Å². The molecule has 0 unspecified atom stereocenters. The molecule has 0 fully saturated rings. The molecule has 0 saturated carbocycles. The Kier molecular flexibility index (Phi) is 7.43. The van der Waals surface area contributed by atoms with Crippen molar-refractivity contribution in [2.24, 2.45) is 0 Å². The fourth-order valence-electron chi connectivity index (χ4n) is 6.39. The Morgan fingerprint density at radius 3 is 2.06 bits per heavy atom. The van der Waals surface area contributed by atoms with Crippen LogP contribution in [0.3, 0.4) is 0 Å². The SMILES string of the molecule is Oc1cccc2oc3ncc(-c4cn(-c5c(-c6ccccc6)cccc5-c5ccccc5)c(-c5cccc6ccc[c-]c56)n4)nc3c12.[Pt]. The maximum absolute atomic E-state index is 10.7. The summed E-state index contributed by atoms with van der Waals surface area (Å²) in [6.45, 7) is 0. The van der Waals surface area contributed by atoms with Crippen molar-refractivity contribution >= 4 is 33.0 Å². The van der Waals surface area contributed by atoms with E-state index in [0.717, 1.165) is 50.1 Å². The molecule has 0 saturated heterocycles. The monoisotopic (exact) mass is 800 g/mol. The Hall–Kier alpha value is -5.84. The zero-order valence-electron chi connectivity index (χ0n) is 25.3. The van der Waals surface area contributed by atoms with Crippen molar-refractivity contribution in [1.82, 2.24) is 19.5 Å². The number of para-hydroxylation sites is 1. The number of rotatable bonds is 5. The van der Waals surface area contributed by atoms with E-state index < -0.39 is 0 Å². The molecule has 7 heteroatoms. The van der Waals surface area contributed by atoms with E-state index in [9.17, 15) is 5.11 Å². The topological polar surface area (TPSA) is 77.0 Å². The Labute approximate surface area is 290 Å². The summed E-state index contributed by atoms with van der Waals surface area (Å²) >= 11 is 0. The maximum Gasteiger partial charge on any atom is 0.246 e. The van der Waals surface area contributed by atoms with Crippen LogP contribution >= 0.6 is 0 Å². The first-order chi connectivity index (χ1) is 23.2. The summed E-state index contributed by atoms with van der Waals surface area (Å²) in [5.41, 5.74) is 8.80. The standard InChI is InChI=1S/C41H25N4O2.Pt/c46-35-22-11-23-36-37(35)38-41(47-36)42-24-33(43-38)34-25-45(40(44-34)32-21-9-17-26-16-7-8-18-29(26)32)39-30(27-12-3-1-4-13-27)19-10-20-31(39)28-14-5-2-6-15-28;/h1-17,19-25,46H;/q-1;. The van der Waals surface area contributed by atoms with E-state index >= 15 is 0 Å². The number of phenols is 1. The van der Waals surface area contributed by atoms with Crippen molar-refractivity contribution in [2.75, 3.05) is 0 Å². The average Bonchev–Trinajstić information content (AvgIpc) is 3.74. The molecule has 0 radical (unpaired) electrons. The smallest absolute Gasteiger partial charge is 0.246 e. The van der Waals surface area contributed by atoms with Crippen molar-refractivity contribution < 1.29 is 30.6 Å². The van der Waals surface area contributed by atoms with Crippen LogP contribution in [0.1, 0.15) is 0 Å². The van der Waals surface area contributed by atoms with Gasteiger partial charge >= 0.3 is 0 Å². The van der Waals surface area contributed by atoms with Gasteiger partial charge in [-0.05, 0) is 23.3 Å². The van der Waals surface area contributed by atoms with Crippen LogP contribution in [0.4, 0.5) is 0 Å². The van der Waals surface area contributed by atoms with Crippen molar-refractivity contribution in [1.29, 1.82) is 0 Å². The molecule has 0 aliphatic heterocycles. The Morgan fingerprint density at radius 2 is 1.31 bits per heavy atom. The van der Waals surface area contributed by atoms with Gasteiger partial charge in [0.05, 0.1) is 17.3 Å². The van der Waals surface area contributed by atoms with E-state index in [0.29, 0.717) is 33.6 Å². The summed E-state index contributed by atoms with van der Waals surface area (Å²) in [4.78, 5) is 14.9. The molecule has 3 heterocycles. The third kappa shape index (κ3) is 4.90. The summed E-state index contributed by atoms with van der Waals surface area (Å²) in [5.74, 6) is 0.838. The quantitative estimate of drug-likeness (QED) is 0.176. The third-order valence-corrected chi connectivity index (χ3v) is 8.54. The molecule has 0 spiro atoms. The second-order valence-corrected chi connectivity index (χ2v) is 11.4. The van der Waals surface area contributed by atoms with Gasteiger partial charge in [0.15, 0.2) is 0 Å². The second-order valence-electron chi connectivity index (χ2n) is 11.4. The first-order valence-electron chi connectivity index (χ1n) is 15.3. The van der Waals surface area contributed by atoms with Crippen LogP contribution in [0.5, 0.6) is 5.75 Å². The maximum atomic E-state index is 10.7. The predicted molar refractivity (Wildman–Crippen MR) is 186 cm³/mol. The van der Waals surface area contributed by atoms with Crippen LogP contribution in [0.25, 0.3) is 83.7 Å². The fourth-order valence-corrected chi connectivity index (χ4v) is 6.39. The molecule has 48 heavy (non-hydrogen) atoms. The van der Waals surface area contributed by atoms with Gasteiger partial charge in [0, 0.05) is 38.4 Å². The molecule has 9 rings (SSSR count). The first kappa shape index (κ1) is 29.6. The number of hydrogen-bond acceptors (Lipinski definition) is 5. The minimum atomic E-state index is 0. The van der Waals surface area contributed by atoms with Gasteiger partial charge in [-0.25, -0.2) is 15.0 Å². The van der Waals surface area contributed by atoms with Crippen LogP contribution in [-0.4, -0.2) is 24.6 Å². The summed E-state index contributed by atoms with van der Waals surface area (Å²) in [6.07, 6.45) is 3.71. The first-order valence-corrected chi connectivity index (χ1v) is 15.3. The van der Waals surface area contributed by atoms with E-state index in [1.54, 1.807) is 24.4 Å². The van der Waals surface area contributed by atoms with Crippen molar-refractivity contribution in [3.8, 4) is 56.5 Å². The number of benzene rings is 6. The predicted octanol–water partition coefficient (Wildman–Crippen LogP) is 9.89. The largest absolute Gasteiger partial charge is 0.507 e. The zero-order valence-corrected chi connectivity index (χ0v) is 27.6. The molecule has 0 aliphatic carbocycles. The van der Waals surface area contributed by atoms with Crippen LogP contribution in [0.15, 0.2) is 150 Å². The van der Waals surface area contributed by atoms with E-state index in [1.165, 1.54) is 0 Å². The number of hydrogen-bond donors (Lipinski definition) is 1. The fraction of sp³-hybridized carbons (Fsp3) is 0. The van der Waals surface area contributed by atoms with Crippen LogP contribution in [-0.2, 0) is 21.1 Å². The molecule has 6 nitrogen and oxygen atoms in total. The van der Waals surface area contributed by atoms with Crippen molar-refractivity contribution in [3.05, 3.63) is 152 Å². The van der Waals surface area contributed by atoms with Gasteiger partial charge in [-0.2, -0.15) is 0 Å². The number of imidazole rings is 1. The molecular weight excluding hydrogens is 776 g/mol. The second kappa shape index (κ2) is 12.1. The summed E-state index contributed by atoms with van der Waals surface area (Å²) < 4.78 is 8.08. The van der Waals surface area contributed by atoms with Gasteiger partial charge in [-0.3, -0.25) is 0 Å². The minimum absolute atomic E-state index is 0. The molecular formula is C41H25N4O2Pt-. The molecule has 6 aromatic carbocycles. The van der Waals surface area contributed by atoms with Gasteiger partial charge in [0.25, 0.3) is 0 Å². The summed E-state index contributed by atoms with van der Waals surface area (Å²) in [6, 6.07) is 48.1. The number of nitrogens with zero attached hydrogens (tertiary/aromatic N) is 4. The van der Waals surface area contributed by atoms with E-state index in [2.05, 4.69) is 107 Å². The number of aromatic hydroxyl groups is 1. The zero-order chi connectivity index (χ0) is 31.3. The Balaban J connectivity index is 0.00000336. The normalized spacial score (nSPS) is 11.2. The summed E-state index contributed by atoms with van der Waals surface area (Å²) in [5, 5.41) is 13.3. The molecule has 3 aromatic heterocycles. The summed E-state index contributed by atoms with van der Waals surface area (Å²) in [7, 11) is 0. The molecule has 0 aliphatic rings. The van der Waals surface area contributed by atoms with Gasteiger partial charge in [0.2, 0.25) is 5.71 Å². The van der Waals surface area contributed by atoms with E-state index in [1.807, 2.05) is 30.5 Å². The van der Waals surface area contributed by atoms with Gasteiger partial charge in [-0.15, -0.1) is 35.0 Å². The molecule has 0 atom stereocenters. The number of aromatic nitrogens is 4. The number of furan rings is 1. The third-order valence-electron chi connectivity index (χ3n) is 8.54. The van der Waals surface area contributed by atoms with Crippen molar-refractivity contribution in [3.63, 3.8) is 0 Å². The van der Waals surface area contributed by atoms with Gasteiger partial charge < -0.3 is 14.1 Å². The number of fused-ring (bicyclic) bond motifs is 4. The van der Waals surface area contributed by atoms with Crippen LogP contribution in [0.2, 0.25) is 0 Å². The molecule has 0 bridgehead atoms.